The normalized spacial score (nSPS) is 21.2. The third-order valence-electron chi connectivity index (χ3n) is 5.37. The minimum atomic E-state index is 0.0461. The first-order valence-electron chi connectivity index (χ1n) is 9.01. The van der Waals surface area contributed by atoms with Crippen LogP contribution in [0.4, 0.5) is 0 Å². The molecule has 2 N–H and O–H groups in total. The first-order chi connectivity index (χ1) is 12.2. The molecular weight excluding hydrogens is 336 g/mol. The molecule has 6 heteroatoms. The molecule has 5 nitrogen and oxygen atoms in total. The van der Waals surface area contributed by atoms with Crippen molar-refractivity contribution in [3.63, 3.8) is 0 Å². The summed E-state index contributed by atoms with van der Waals surface area (Å²) in [6.07, 6.45) is 7.19. The van der Waals surface area contributed by atoms with E-state index in [0.29, 0.717) is 22.7 Å². The van der Waals surface area contributed by atoms with Crippen LogP contribution in [0, 0.1) is 0 Å². The average Bonchev–Trinajstić information content (AvgIpc) is 3.10. The molecule has 4 rings (SSSR count). The fraction of sp³-hybridized carbons (Fsp3) is 0.474. The fourth-order valence-corrected chi connectivity index (χ4v) is 4.16. The topological polar surface area (TPSA) is 61.0 Å². The van der Waals surface area contributed by atoms with Crippen molar-refractivity contribution in [2.24, 2.45) is 0 Å². The third kappa shape index (κ3) is 3.58. The molecule has 1 atom stereocenters. The maximum absolute atomic E-state index is 12.6. The van der Waals surface area contributed by atoms with Crippen molar-refractivity contribution in [2.75, 3.05) is 13.1 Å². The summed E-state index contributed by atoms with van der Waals surface area (Å²) in [5.74, 6) is 0.0461. The molecule has 1 unspecified atom stereocenters. The van der Waals surface area contributed by atoms with Crippen molar-refractivity contribution in [1.82, 2.24) is 20.4 Å². The lowest BCUT2D eigenvalue weighted by Crippen LogP contribution is -2.49. The van der Waals surface area contributed by atoms with Crippen molar-refractivity contribution in [2.45, 2.75) is 44.2 Å². The van der Waals surface area contributed by atoms with E-state index >= 15 is 0 Å². The lowest BCUT2D eigenvalue weighted by Gasteiger charge is -2.35. The van der Waals surface area contributed by atoms with Gasteiger partial charge in [0.2, 0.25) is 0 Å². The number of carbonyl (C=O) groups excluding carboxylic acids is 1. The van der Waals surface area contributed by atoms with Gasteiger partial charge in [0.1, 0.15) is 0 Å². The van der Waals surface area contributed by atoms with Crippen LogP contribution < -0.4 is 5.32 Å². The number of likely N-dealkylation sites (tertiary alicyclic amines) is 1. The molecule has 1 fully saturated rings. The second-order valence-corrected chi connectivity index (χ2v) is 7.43. The van der Waals surface area contributed by atoms with Gasteiger partial charge < -0.3 is 10.2 Å². The van der Waals surface area contributed by atoms with Gasteiger partial charge in [0.15, 0.2) is 0 Å². The smallest absolute Gasteiger partial charge is 0.255 e. The quantitative estimate of drug-likeness (QED) is 0.886. The van der Waals surface area contributed by atoms with Crippen molar-refractivity contribution in [3.8, 4) is 0 Å². The zero-order chi connectivity index (χ0) is 17.2. The number of benzene rings is 1. The summed E-state index contributed by atoms with van der Waals surface area (Å²) >= 11 is 6.16. The van der Waals surface area contributed by atoms with Crippen LogP contribution >= 0.6 is 11.6 Å². The van der Waals surface area contributed by atoms with Crippen LogP contribution in [0.3, 0.4) is 0 Å². The minimum absolute atomic E-state index is 0.0461. The largest absolute Gasteiger partial charge is 0.338 e. The van der Waals surface area contributed by atoms with E-state index in [1.807, 2.05) is 23.2 Å². The van der Waals surface area contributed by atoms with Gasteiger partial charge in [0.25, 0.3) is 5.91 Å². The Morgan fingerprint density at radius 3 is 2.80 bits per heavy atom. The Kier molecular flexibility index (Phi) is 4.77. The summed E-state index contributed by atoms with van der Waals surface area (Å²) in [5, 5.41) is 11.6. The maximum Gasteiger partial charge on any atom is 0.255 e. The van der Waals surface area contributed by atoms with Gasteiger partial charge in [0.05, 0.1) is 16.8 Å². The van der Waals surface area contributed by atoms with E-state index in [1.165, 1.54) is 11.3 Å². The Hall–Kier alpha value is -1.85. The number of piperidine rings is 1. The molecule has 0 radical (unpaired) electrons. The van der Waals surface area contributed by atoms with E-state index in [2.05, 4.69) is 15.5 Å². The van der Waals surface area contributed by atoms with E-state index < -0.39 is 0 Å². The highest BCUT2D eigenvalue weighted by Crippen LogP contribution is 2.22. The number of halogens is 1. The molecule has 1 amide bonds. The van der Waals surface area contributed by atoms with Crippen LogP contribution in [-0.4, -0.2) is 46.2 Å². The Morgan fingerprint density at radius 1 is 1.20 bits per heavy atom. The van der Waals surface area contributed by atoms with Crippen molar-refractivity contribution >= 4 is 17.5 Å². The van der Waals surface area contributed by atoms with Crippen LogP contribution in [-0.2, 0) is 12.8 Å². The van der Waals surface area contributed by atoms with Crippen LogP contribution in [0.15, 0.2) is 30.5 Å². The molecule has 1 aliphatic carbocycles. The Morgan fingerprint density at radius 2 is 2.00 bits per heavy atom. The van der Waals surface area contributed by atoms with Gasteiger partial charge in [0, 0.05) is 30.9 Å². The number of rotatable bonds is 3. The van der Waals surface area contributed by atoms with E-state index in [0.717, 1.165) is 45.2 Å². The first kappa shape index (κ1) is 16.6. The zero-order valence-electron chi connectivity index (χ0n) is 14.2. The predicted octanol–water partition coefficient (Wildman–Crippen LogP) is 2.81. The molecule has 132 valence electrons. The summed E-state index contributed by atoms with van der Waals surface area (Å²) < 4.78 is 0. The molecule has 25 heavy (non-hydrogen) atoms. The van der Waals surface area contributed by atoms with Crippen LogP contribution in [0.2, 0.25) is 5.02 Å². The second-order valence-electron chi connectivity index (χ2n) is 7.03. The van der Waals surface area contributed by atoms with Gasteiger partial charge in [-0.2, -0.15) is 5.10 Å². The number of amides is 1. The maximum atomic E-state index is 12.6. The number of hydrogen-bond acceptors (Lipinski definition) is 3. The van der Waals surface area contributed by atoms with E-state index in [-0.39, 0.29) is 5.91 Å². The van der Waals surface area contributed by atoms with Gasteiger partial charge in [-0.05, 0) is 49.8 Å². The highest BCUT2D eigenvalue weighted by molar-refractivity contribution is 6.33. The molecule has 1 saturated heterocycles. The summed E-state index contributed by atoms with van der Waals surface area (Å²) in [4.78, 5) is 14.6. The molecular formula is C19H23ClN4O. The first-order valence-corrected chi connectivity index (χ1v) is 9.39. The number of aromatic amines is 1. The van der Waals surface area contributed by atoms with E-state index in [4.69, 9.17) is 11.6 Å². The van der Waals surface area contributed by atoms with Crippen LogP contribution in [0.5, 0.6) is 0 Å². The summed E-state index contributed by atoms with van der Waals surface area (Å²) in [7, 11) is 0. The highest BCUT2D eigenvalue weighted by Gasteiger charge is 2.27. The number of hydrogen-bond donors (Lipinski definition) is 2. The standard InChI is InChI=1S/C19H23ClN4O/c20-17-4-2-1-3-16(17)19(25)24-9-7-14(8-10-24)22-15-5-6-18-13(11-15)12-21-23-18/h1-4,12,14-15,22H,5-11H2,(H,21,23). The van der Waals surface area contributed by atoms with Crippen LogP contribution in [0.1, 0.15) is 40.9 Å². The number of nitrogens with one attached hydrogen (secondary N) is 2. The molecule has 2 aromatic rings. The Bertz CT molecular complexity index is 751. The predicted molar refractivity (Wildman–Crippen MR) is 97.9 cm³/mol. The van der Waals surface area contributed by atoms with Crippen molar-refractivity contribution in [3.05, 3.63) is 52.3 Å². The molecule has 1 aromatic heterocycles. The average molecular weight is 359 g/mol. The van der Waals surface area contributed by atoms with Gasteiger partial charge >= 0.3 is 0 Å². The van der Waals surface area contributed by atoms with E-state index in [1.54, 1.807) is 12.1 Å². The van der Waals surface area contributed by atoms with Gasteiger partial charge in [-0.25, -0.2) is 0 Å². The molecule has 2 heterocycles. The monoisotopic (exact) mass is 358 g/mol. The molecule has 1 aromatic carbocycles. The number of H-pyrrole nitrogens is 1. The van der Waals surface area contributed by atoms with E-state index in [9.17, 15) is 4.79 Å². The van der Waals surface area contributed by atoms with Crippen molar-refractivity contribution in [1.29, 1.82) is 0 Å². The van der Waals surface area contributed by atoms with Crippen molar-refractivity contribution < 1.29 is 4.79 Å². The van der Waals surface area contributed by atoms with Gasteiger partial charge in [-0.1, -0.05) is 23.7 Å². The number of fused-ring (bicyclic) bond motifs is 1. The Labute approximate surface area is 152 Å². The minimum Gasteiger partial charge on any atom is -0.338 e. The zero-order valence-corrected chi connectivity index (χ0v) is 14.9. The lowest BCUT2D eigenvalue weighted by molar-refractivity contribution is 0.0701. The number of aryl methyl sites for hydroxylation is 1. The van der Waals surface area contributed by atoms with Crippen LogP contribution in [0.25, 0.3) is 0 Å². The summed E-state index contributed by atoms with van der Waals surface area (Å²) in [6.45, 7) is 1.57. The molecule has 2 aliphatic rings. The summed E-state index contributed by atoms with van der Waals surface area (Å²) in [6, 6.07) is 8.29. The SMILES string of the molecule is O=C(c1ccccc1Cl)N1CCC(NC2CCc3[nH]ncc3C2)CC1. The Balaban J connectivity index is 1.30. The molecule has 0 saturated carbocycles. The second kappa shape index (κ2) is 7.18. The van der Waals surface area contributed by atoms with Gasteiger partial charge in [-0.3, -0.25) is 9.89 Å². The number of carbonyl (C=O) groups is 1. The fourth-order valence-electron chi connectivity index (χ4n) is 3.95. The van der Waals surface area contributed by atoms with Gasteiger partial charge in [-0.15, -0.1) is 0 Å². The molecule has 0 bridgehead atoms. The number of aromatic nitrogens is 2. The molecule has 0 spiro atoms. The lowest BCUT2D eigenvalue weighted by atomic mass is 9.92. The summed E-state index contributed by atoms with van der Waals surface area (Å²) in [5.41, 5.74) is 3.24. The number of nitrogens with zero attached hydrogens (tertiary/aromatic N) is 2. The molecule has 1 aliphatic heterocycles. The third-order valence-corrected chi connectivity index (χ3v) is 5.70. The highest BCUT2D eigenvalue weighted by atomic mass is 35.5.